The van der Waals surface area contributed by atoms with E-state index in [1.807, 2.05) is 6.20 Å². The Balaban J connectivity index is 1.81. The van der Waals surface area contributed by atoms with Gasteiger partial charge in [-0.05, 0) is 26.9 Å². The Hall–Kier alpha value is -0.650. The van der Waals surface area contributed by atoms with Crippen LogP contribution >= 0.6 is 11.3 Å². The Bertz CT molecular complexity index is 364. The third-order valence-corrected chi connectivity index (χ3v) is 4.38. The molecule has 1 unspecified atom stereocenters. The first-order valence-corrected chi connectivity index (χ1v) is 7.58. The molecule has 1 fully saturated rings. The zero-order chi connectivity index (χ0) is 13.0. The van der Waals surface area contributed by atoms with Crippen LogP contribution in [0, 0.1) is 0 Å². The first kappa shape index (κ1) is 13.8. The maximum atomic E-state index is 4.42. The average Bonchev–Trinajstić information content (AvgIpc) is 2.96. The Kier molecular flexibility index (Phi) is 4.97. The van der Waals surface area contributed by atoms with Gasteiger partial charge in [0.25, 0.3) is 0 Å². The first-order chi connectivity index (χ1) is 8.69. The summed E-state index contributed by atoms with van der Waals surface area (Å²) in [7, 11) is 4.35. The normalized spacial score (nSPS) is 20.8. The molecular weight excluding hydrogens is 244 g/mol. The van der Waals surface area contributed by atoms with Crippen molar-refractivity contribution in [2.24, 2.45) is 0 Å². The van der Waals surface area contributed by atoms with Gasteiger partial charge in [-0.2, -0.15) is 0 Å². The van der Waals surface area contributed by atoms with Gasteiger partial charge in [-0.3, -0.25) is 4.90 Å². The number of anilines is 1. The van der Waals surface area contributed by atoms with Crippen molar-refractivity contribution in [2.75, 3.05) is 39.0 Å². The molecule has 1 aromatic heterocycles. The molecule has 2 rings (SSSR count). The van der Waals surface area contributed by atoms with Crippen LogP contribution < -0.4 is 5.32 Å². The van der Waals surface area contributed by atoms with E-state index in [1.165, 1.54) is 24.4 Å². The fourth-order valence-electron chi connectivity index (χ4n) is 2.29. The SMILES string of the molecule is CCCNc1ncc(CN2CCC(N(C)C)C2)s1. The Labute approximate surface area is 114 Å². The van der Waals surface area contributed by atoms with Crippen molar-refractivity contribution in [1.82, 2.24) is 14.8 Å². The summed E-state index contributed by atoms with van der Waals surface area (Å²) >= 11 is 1.79. The van der Waals surface area contributed by atoms with Gasteiger partial charge in [-0.15, -0.1) is 11.3 Å². The molecule has 5 heteroatoms. The molecular formula is C13H24N4S. The summed E-state index contributed by atoms with van der Waals surface area (Å²) < 4.78 is 0. The van der Waals surface area contributed by atoms with Crippen molar-refractivity contribution in [3.63, 3.8) is 0 Å². The second kappa shape index (κ2) is 6.50. The van der Waals surface area contributed by atoms with Crippen molar-refractivity contribution in [2.45, 2.75) is 32.4 Å². The predicted octanol–water partition coefficient (Wildman–Crippen LogP) is 2.10. The average molecular weight is 268 g/mol. The van der Waals surface area contributed by atoms with Gasteiger partial charge in [-0.25, -0.2) is 4.98 Å². The minimum atomic E-state index is 0.718. The van der Waals surface area contributed by atoms with Gasteiger partial charge < -0.3 is 10.2 Å². The molecule has 0 radical (unpaired) electrons. The topological polar surface area (TPSA) is 31.4 Å². The zero-order valence-electron chi connectivity index (χ0n) is 11.6. The first-order valence-electron chi connectivity index (χ1n) is 6.76. The Morgan fingerprint density at radius 2 is 2.39 bits per heavy atom. The monoisotopic (exact) mass is 268 g/mol. The molecule has 0 bridgehead atoms. The van der Waals surface area contributed by atoms with Crippen LogP contribution in [0.15, 0.2) is 6.20 Å². The van der Waals surface area contributed by atoms with Gasteiger partial charge in [0.15, 0.2) is 5.13 Å². The third-order valence-electron chi connectivity index (χ3n) is 3.44. The summed E-state index contributed by atoms with van der Waals surface area (Å²) in [5, 5.41) is 4.41. The Morgan fingerprint density at radius 1 is 1.56 bits per heavy atom. The minimum absolute atomic E-state index is 0.718. The number of aromatic nitrogens is 1. The number of nitrogens with one attached hydrogen (secondary N) is 1. The minimum Gasteiger partial charge on any atom is -0.362 e. The number of hydrogen-bond donors (Lipinski definition) is 1. The lowest BCUT2D eigenvalue weighted by Gasteiger charge is -2.19. The van der Waals surface area contributed by atoms with Crippen LogP contribution in [-0.2, 0) is 6.54 Å². The van der Waals surface area contributed by atoms with Crippen LogP contribution in [0.3, 0.4) is 0 Å². The molecule has 1 N–H and O–H groups in total. The number of likely N-dealkylation sites (N-methyl/N-ethyl adjacent to an activating group) is 1. The molecule has 102 valence electrons. The second-order valence-electron chi connectivity index (χ2n) is 5.20. The van der Waals surface area contributed by atoms with E-state index < -0.39 is 0 Å². The quantitative estimate of drug-likeness (QED) is 0.856. The molecule has 4 nitrogen and oxygen atoms in total. The van der Waals surface area contributed by atoms with Gasteiger partial charge in [0, 0.05) is 43.3 Å². The molecule has 1 aromatic rings. The molecule has 1 saturated heterocycles. The molecule has 0 amide bonds. The number of hydrogen-bond acceptors (Lipinski definition) is 5. The molecule has 0 aliphatic carbocycles. The maximum absolute atomic E-state index is 4.42. The van der Waals surface area contributed by atoms with E-state index in [2.05, 4.69) is 41.1 Å². The van der Waals surface area contributed by atoms with E-state index in [0.29, 0.717) is 0 Å². The second-order valence-corrected chi connectivity index (χ2v) is 6.31. The largest absolute Gasteiger partial charge is 0.362 e. The van der Waals surface area contributed by atoms with Crippen LogP contribution in [-0.4, -0.2) is 54.6 Å². The van der Waals surface area contributed by atoms with Crippen molar-refractivity contribution in [1.29, 1.82) is 0 Å². The van der Waals surface area contributed by atoms with Gasteiger partial charge in [0.2, 0.25) is 0 Å². The van der Waals surface area contributed by atoms with Crippen molar-refractivity contribution in [3.05, 3.63) is 11.1 Å². The third kappa shape index (κ3) is 3.67. The lowest BCUT2D eigenvalue weighted by atomic mass is 10.2. The lowest BCUT2D eigenvalue weighted by Crippen LogP contribution is -2.31. The highest BCUT2D eigenvalue weighted by molar-refractivity contribution is 7.15. The lowest BCUT2D eigenvalue weighted by molar-refractivity contribution is 0.266. The van der Waals surface area contributed by atoms with Crippen LogP contribution in [0.25, 0.3) is 0 Å². The fourth-order valence-corrected chi connectivity index (χ4v) is 3.17. The fraction of sp³-hybridized carbons (Fsp3) is 0.769. The Morgan fingerprint density at radius 3 is 3.06 bits per heavy atom. The summed E-state index contributed by atoms with van der Waals surface area (Å²) in [6, 6.07) is 0.718. The van der Waals surface area contributed by atoms with Crippen molar-refractivity contribution in [3.8, 4) is 0 Å². The highest BCUT2D eigenvalue weighted by Gasteiger charge is 2.24. The summed E-state index contributed by atoms with van der Waals surface area (Å²) in [6.07, 6.45) is 4.45. The van der Waals surface area contributed by atoms with E-state index in [9.17, 15) is 0 Å². The highest BCUT2D eigenvalue weighted by atomic mass is 32.1. The van der Waals surface area contributed by atoms with Crippen LogP contribution in [0.4, 0.5) is 5.13 Å². The molecule has 2 heterocycles. The van der Waals surface area contributed by atoms with Crippen LogP contribution in [0.5, 0.6) is 0 Å². The van der Waals surface area contributed by atoms with Gasteiger partial charge in [-0.1, -0.05) is 6.92 Å². The summed E-state index contributed by atoms with van der Waals surface area (Å²) in [5.74, 6) is 0. The summed E-state index contributed by atoms with van der Waals surface area (Å²) in [6.45, 7) is 6.63. The molecule has 1 aliphatic heterocycles. The van der Waals surface area contributed by atoms with Gasteiger partial charge in [0.05, 0.1) is 0 Å². The number of thiazole rings is 1. The van der Waals surface area contributed by atoms with E-state index in [-0.39, 0.29) is 0 Å². The standard InChI is InChI=1S/C13H24N4S/c1-4-6-14-13-15-8-12(18-13)10-17-7-5-11(9-17)16(2)3/h8,11H,4-7,9-10H2,1-3H3,(H,14,15). The molecule has 18 heavy (non-hydrogen) atoms. The van der Waals surface area contributed by atoms with Crippen molar-refractivity contribution >= 4 is 16.5 Å². The zero-order valence-corrected chi connectivity index (χ0v) is 12.5. The summed E-state index contributed by atoms with van der Waals surface area (Å²) in [4.78, 5) is 10.7. The van der Waals surface area contributed by atoms with E-state index >= 15 is 0 Å². The molecule has 0 aromatic carbocycles. The van der Waals surface area contributed by atoms with Gasteiger partial charge in [0.1, 0.15) is 0 Å². The van der Waals surface area contributed by atoms with Gasteiger partial charge >= 0.3 is 0 Å². The maximum Gasteiger partial charge on any atom is 0.182 e. The van der Waals surface area contributed by atoms with Crippen LogP contribution in [0.1, 0.15) is 24.6 Å². The molecule has 0 spiro atoms. The highest BCUT2D eigenvalue weighted by Crippen LogP contribution is 2.22. The predicted molar refractivity (Wildman–Crippen MR) is 78.3 cm³/mol. The smallest absolute Gasteiger partial charge is 0.182 e. The number of nitrogens with zero attached hydrogens (tertiary/aromatic N) is 3. The van der Waals surface area contributed by atoms with E-state index in [1.54, 1.807) is 11.3 Å². The number of likely N-dealkylation sites (tertiary alicyclic amines) is 1. The van der Waals surface area contributed by atoms with E-state index in [0.717, 1.165) is 30.7 Å². The molecule has 1 atom stereocenters. The van der Waals surface area contributed by atoms with E-state index in [4.69, 9.17) is 0 Å². The van der Waals surface area contributed by atoms with Crippen LogP contribution in [0.2, 0.25) is 0 Å². The molecule has 1 aliphatic rings. The number of rotatable bonds is 6. The summed E-state index contributed by atoms with van der Waals surface area (Å²) in [5.41, 5.74) is 0. The molecule has 0 saturated carbocycles. The van der Waals surface area contributed by atoms with Crippen molar-refractivity contribution < 1.29 is 0 Å².